The van der Waals surface area contributed by atoms with Crippen molar-refractivity contribution in [1.29, 1.82) is 0 Å². The van der Waals surface area contributed by atoms with Crippen LogP contribution in [0.2, 0.25) is 0 Å². The van der Waals surface area contributed by atoms with Crippen molar-refractivity contribution in [2.75, 3.05) is 20.6 Å². The number of nitrogens with zero attached hydrogens (tertiary/aromatic N) is 1. The fraction of sp³-hybridized carbons (Fsp3) is 0.381. The summed E-state index contributed by atoms with van der Waals surface area (Å²) in [6, 6.07) is 18.9. The van der Waals surface area contributed by atoms with E-state index in [1.54, 1.807) is 0 Å². The van der Waals surface area contributed by atoms with Gasteiger partial charge in [-0.2, -0.15) is 0 Å². The zero-order chi connectivity index (χ0) is 16.9. The third-order valence-corrected chi connectivity index (χ3v) is 4.96. The van der Waals surface area contributed by atoms with E-state index in [2.05, 4.69) is 54.6 Å². The number of carbonyl (C=O) groups is 1. The number of fused-ring (bicyclic) bond motifs is 1. The van der Waals surface area contributed by atoms with Crippen LogP contribution in [0.5, 0.6) is 0 Å². The molecule has 3 nitrogen and oxygen atoms in total. The molecule has 1 aliphatic carbocycles. The van der Waals surface area contributed by atoms with E-state index < -0.39 is 0 Å². The third-order valence-electron chi connectivity index (χ3n) is 4.96. The molecule has 0 saturated carbocycles. The standard InChI is InChI=1S/C21H26N2O/c1-23(2)20(17-10-4-3-5-11-17)15-22-21(24)19-14-8-12-16-9-6-7-13-18(16)19/h3-7,9-11,13,19-20H,8,12,14-15H2,1-2H3,(H,22,24)/t19-,20-/m0/s1. The molecule has 0 fully saturated rings. The molecule has 3 rings (SSSR count). The lowest BCUT2D eigenvalue weighted by Crippen LogP contribution is -2.37. The van der Waals surface area contributed by atoms with E-state index in [4.69, 9.17) is 0 Å². The fourth-order valence-corrected chi connectivity index (χ4v) is 3.62. The Kier molecular flexibility index (Phi) is 5.31. The summed E-state index contributed by atoms with van der Waals surface area (Å²) in [6.07, 6.45) is 3.12. The predicted octanol–water partition coefficient (Wildman–Crippen LogP) is 3.53. The second-order valence-electron chi connectivity index (χ2n) is 6.78. The molecule has 0 bridgehead atoms. The molecular weight excluding hydrogens is 296 g/mol. The van der Waals surface area contributed by atoms with Gasteiger partial charge in [-0.25, -0.2) is 0 Å². The number of amides is 1. The quantitative estimate of drug-likeness (QED) is 0.913. The molecule has 0 saturated heterocycles. The van der Waals surface area contributed by atoms with Gasteiger partial charge in [0.05, 0.1) is 12.0 Å². The van der Waals surface area contributed by atoms with Gasteiger partial charge in [-0.05, 0) is 50.0 Å². The van der Waals surface area contributed by atoms with E-state index in [0.717, 1.165) is 19.3 Å². The number of rotatable bonds is 5. The van der Waals surface area contributed by atoms with Gasteiger partial charge < -0.3 is 10.2 Å². The Balaban J connectivity index is 1.69. The molecule has 0 aliphatic heterocycles. The molecule has 2 atom stereocenters. The molecule has 0 unspecified atom stereocenters. The molecule has 2 aromatic carbocycles. The molecule has 1 N–H and O–H groups in total. The number of carbonyl (C=O) groups excluding carboxylic acids is 1. The summed E-state index contributed by atoms with van der Waals surface area (Å²) in [6.45, 7) is 0.633. The molecule has 1 aliphatic rings. The number of aryl methyl sites for hydroxylation is 1. The van der Waals surface area contributed by atoms with E-state index in [0.29, 0.717) is 6.54 Å². The first-order chi connectivity index (χ1) is 11.7. The van der Waals surface area contributed by atoms with Gasteiger partial charge in [-0.15, -0.1) is 0 Å². The monoisotopic (exact) mass is 322 g/mol. The van der Waals surface area contributed by atoms with Crippen molar-refractivity contribution >= 4 is 5.91 Å². The highest BCUT2D eigenvalue weighted by molar-refractivity contribution is 5.84. The summed E-state index contributed by atoms with van der Waals surface area (Å²) in [4.78, 5) is 14.9. The second-order valence-corrected chi connectivity index (χ2v) is 6.78. The van der Waals surface area contributed by atoms with Crippen molar-refractivity contribution in [2.24, 2.45) is 0 Å². The fourth-order valence-electron chi connectivity index (χ4n) is 3.62. The van der Waals surface area contributed by atoms with Crippen LogP contribution in [0.15, 0.2) is 54.6 Å². The van der Waals surface area contributed by atoms with Crippen LogP contribution >= 0.6 is 0 Å². The third kappa shape index (κ3) is 3.68. The van der Waals surface area contributed by atoms with Crippen LogP contribution < -0.4 is 5.32 Å². The predicted molar refractivity (Wildman–Crippen MR) is 98.0 cm³/mol. The van der Waals surface area contributed by atoms with Gasteiger partial charge in [0.1, 0.15) is 0 Å². The lowest BCUT2D eigenvalue weighted by atomic mass is 9.82. The number of benzene rings is 2. The second kappa shape index (κ2) is 7.63. The topological polar surface area (TPSA) is 32.3 Å². The van der Waals surface area contributed by atoms with Crippen LogP contribution in [0.25, 0.3) is 0 Å². The number of likely N-dealkylation sites (N-methyl/N-ethyl adjacent to an activating group) is 1. The van der Waals surface area contributed by atoms with Gasteiger partial charge in [-0.3, -0.25) is 4.79 Å². The van der Waals surface area contributed by atoms with Gasteiger partial charge >= 0.3 is 0 Å². The zero-order valence-electron chi connectivity index (χ0n) is 14.5. The normalized spacial score (nSPS) is 18.0. The average Bonchev–Trinajstić information content (AvgIpc) is 2.62. The van der Waals surface area contributed by atoms with Crippen molar-refractivity contribution in [2.45, 2.75) is 31.2 Å². The van der Waals surface area contributed by atoms with Crippen LogP contribution in [-0.2, 0) is 11.2 Å². The molecule has 0 aromatic heterocycles. The SMILES string of the molecule is CN(C)[C@@H](CNC(=O)[C@H]1CCCc2ccccc21)c1ccccc1. The highest BCUT2D eigenvalue weighted by Crippen LogP contribution is 2.31. The van der Waals surface area contributed by atoms with Crippen LogP contribution in [0.1, 0.15) is 41.5 Å². The van der Waals surface area contributed by atoms with Gasteiger partial charge in [0.25, 0.3) is 0 Å². The van der Waals surface area contributed by atoms with Crippen LogP contribution in [-0.4, -0.2) is 31.4 Å². The van der Waals surface area contributed by atoms with Crippen LogP contribution in [0, 0.1) is 0 Å². The summed E-state index contributed by atoms with van der Waals surface area (Å²) in [5.74, 6) is 0.151. The Morgan fingerprint density at radius 2 is 1.83 bits per heavy atom. The minimum absolute atomic E-state index is 0.00599. The Hall–Kier alpha value is -2.13. The molecule has 2 aromatic rings. The molecule has 24 heavy (non-hydrogen) atoms. The van der Waals surface area contributed by atoms with E-state index >= 15 is 0 Å². The average molecular weight is 322 g/mol. The maximum absolute atomic E-state index is 12.8. The number of nitrogens with one attached hydrogen (secondary N) is 1. The first-order valence-corrected chi connectivity index (χ1v) is 8.73. The van der Waals surface area contributed by atoms with Gasteiger partial charge in [0, 0.05) is 6.54 Å². The minimum Gasteiger partial charge on any atom is -0.354 e. The smallest absolute Gasteiger partial charge is 0.227 e. The van der Waals surface area contributed by atoms with Crippen molar-refractivity contribution < 1.29 is 4.79 Å². The Morgan fingerprint density at radius 1 is 1.12 bits per heavy atom. The summed E-state index contributed by atoms with van der Waals surface area (Å²) in [5, 5.41) is 3.19. The summed E-state index contributed by atoms with van der Waals surface area (Å²) >= 11 is 0. The largest absolute Gasteiger partial charge is 0.354 e. The Bertz CT molecular complexity index is 681. The van der Waals surface area contributed by atoms with E-state index in [1.807, 2.05) is 24.3 Å². The first-order valence-electron chi connectivity index (χ1n) is 8.73. The van der Waals surface area contributed by atoms with Crippen molar-refractivity contribution in [3.8, 4) is 0 Å². The maximum Gasteiger partial charge on any atom is 0.227 e. The van der Waals surface area contributed by atoms with E-state index in [-0.39, 0.29) is 17.9 Å². The highest BCUT2D eigenvalue weighted by Gasteiger charge is 2.26. The summed E-state index contributed by atoms with van der Waals surface area (Å²) < 4.78 is 0. The van der Waals surface area contributed by atoms with E-state index in [9.17, 15) is 4.79 Å². The highest BCUT2D eigenvalue weighted by atomic mass is 16.1. The number of hydrogen-bond donors (Lipinski definition) is 1. The van der Waals surface area contributed by atoms with Crippen LogP contribution in [0.3, 0.4) is 0 Å². The molecule has 0 radical (unpaired) electrons. The minimum atomic E-state index is -0.00599. The van der Waals surface area contributed by atoms with Gasteiger partial charge in [0.15, 0.2) is 0 Å². The Labute approximate surface area is 144 Å². The van der Waals surface area contributed by atoms with E-state index in [1.165, 1.54) is 16.7 Å². The summed E-state index contributed by atoms with van der Waals surface area (Å²) in [7, 11) is 4.11. The molecule has 0 heterocycles. The lowest BCUT2D eigenvalue weighted by molar-refractivity contribution is -0.123. The van der Waals surface area contributed by atoms with Gasteiger partial charge in [0.2, 0.25) is 5.91 Å². The van der Waals surface area contributed by atoms with Crippen molar-refractivity contribution in [3.05, 3.63) is 71.3 Å². The molecular formula is C21H26N2O. The van der Waals surface area contributed by atoms with Gasteiger partial charge in [-0.1, -0.05) is 54.6 Å². The molecule has 126 valence electrons. The zero-order valence-corrected chi connectivity index (χ0v) is 14.5. The van der Waals surface area contributed by atoms with Crippen molar-refractivity contribution in [3.63, 3.8) is 0 Å². The first kappa shape index (κ1) is 16.7. The maximum atomic E-state index is 12.8. The molecule has 0 spiro atoms. The lowest BCUT2D eigenvalue weighted by Gasteiger charge is -2.28. The molecule has 3 heteroatoms. The molecule has 1 amide bonds. The number of hydrogen-bond acceptors (Lipinski definition) is 2. The van der Waals surface area contributed by atoms with Crippen molar-refractivity contribution in [1.82, 2.24) is 10.2 Å². The Morgan fingerprint density at radius 3 is 2.58 bits per heavy atom. The summed E-state index contributed by atoms with van der Waals surface area (Å²) in [5.41, 5.74) is 3.77. The van der Waals surface area contributed by atoms with Crippen LogP contribution in [0.4, 0.5) is 0 Å².